The van der Waals surface area contributed by atoms with Crippen LogP contribution >= 0.6 is 11.6 Å². The van der Waals surface area contributed by atoms with Crippen molar-refractivity contribution in [3.05, 3.63) is 76.1 Å². The molecular weight excluding hydrogens is 688 g/mol. The first-order valence-electron chi connectivity index (χ1n) is 17.1. The third-order valence-corrected chi connectivity index (χ3v) is 13.6. The number of nitrogens with one attached hydrogen (secondary N) is 2. The zero-order chi connectivity index (χ0) is 38.1. The van der Waals surface area contributed by atoms with Gasteiger partial charge in [0.25, 0.3) is 0 Å². The molecule has 0 aliphatic rings. The number of hydrogen-bond acceptors (Lipinski definition) is 6. The van der Waals surface area contributed by atoms with E-state index in [1.54, 1.807) is 16.8 Å². The number of ether oxygens (including phenoxy) is 1. The number of benzene rings is 2. The monoisotopic (exact) mass is 737 g/mol. The summed E-state index contributed by atoms with van der Waals surface area (Å²) in [5.74, 6) is 5.60. The summed E-state index contributed by atoms with van der Waals surface area (Å²) in [6.07, 6.45) is -1.88. The molecule has 0 spiro atoms. The number of hydrogen-bond donors (Lipinski definition) is 2. The van der Waals surface area contributed by atoms with Crippen LogP contribution in [0.1, 0.15) is 85.4 Å². The van der Waals surface area contributed by atoms with Crippen LogP contribution in [0, 0.1) is 23.5 Å². The molecule has 0 fully saturated rings. The molecule has 12 heteroatoms. The highest BCUT2D eigenvalue weighted by Crippen LogP contribution is 2.41. The van der Waals surface area contributed by atoms with Gasteiger partial charge in [0.05, 0.1) is 21.6 Å². The van der Waals surface area contributed by atoms with Crippen LogP contribution in [0.25, 0.3) is 22.0 Å². The molecule has 4 rings (SSSR count). The predicted octanol–water partition coefficient (Wildman–Crippen LogP) is 9.96. The van der Waals surface area contributed by atoms with Crippen LogP contribution in [0.2, 0.25) is 23.2 Å². The van der Waals surface area contributed by atoms with E-state index >= 15 is 0 Å². The molecular formula is C39H50ClF2N5O3Si. The van der Waals surface area contributed by atoms with Crippen LogP contribution in [0.5, 0.6) is 0 Å². The van der Waals surface area contributed by atoms with Gasteiger partial charge in [0.15, 0.2) is 20.2 Å². The van der Waals surface area contributed by atoms with Gasteiger partial charge in [-0.25, -0.2) is 18.6 Å². The normalized spacial score (nSPS) is 13.1. The minimum atomic E-state index is -2.16. The molecule has 2 N–H and O–H groups in total. The van der Waals surface area contributed by atoms with E-state index in [-0.39, 0.29) is 17.0 Å². The Morgan fingerprint density at radius 3 is 2.22 bits per heavy atom. The highest BCUT2D eigenvalue weighted by molar-refractivity contribution is 6.74. The maximum Gasteiger partial charge on any atom is 0.408 e. The summed E-state index contributed by atoms with van der Waals surface area (Å²) in [6.45, 7) is 22.8. The topological polar surface area (TPSA) is 90.3 Å². The number of rotatable bonds is 9. The Bertz CT molecular complexity index is 1970. The number of amides is 1. The predicted molar refractivity (Wildman–Crippen MR) is 205 cm³/mol. The Hall–Kier alpha value is -3.98. The van der Waals surface area contributed by atoms with E-state index in [4.69, 9.17) is 25.7 Å². The zero-order valence-corrected chi connectivity index (χ0v) is 33.5. The molecule has 2 aromatic heterocycles. The molecule has 0 aliphatic carbocycles. The van der Waals surface area contributed by atoms with Gasteiger partial charge in [0.1, 0.15) is 22.9 Å². The zero-order valence-electron chi connectivity index (χ0n) is 31.7. The molecule has 0 saturated carbocycles. The van der Waals surface area contributed by atoms with E-state index in [9.17, 15) is 13.6 Å². The molecule has 0 bridgehead atoms. The van der Waals surface area contributed by atoms with Gasteiger partial charge in [-0.15, -0.1) is 0 Å². The number of pyridine rings is 1. The van der Waals surface area contributed by atoms with E-state index in [2.05, 4.69) is 61.4 Å². The molecule has 2 heterocycles. The quantitative estimate of drug-likeness (QED) is 0.131. The van der Waals surface area contributed by atoms with Crippen LogP contribution in [-0.2, 0) is 22.6 Å². The fraction of sp³-hybridized carbons (Fsp3) is 0.462. The van der Waals surface area contributed by atoms with Gasteiger partial charge >= 0.3 is 6.09 Å². The lowest BCUT2D eigenvalue weighted by atomic mass is 9.95. The first-order valence-corrected chi connectivity index (χ1v) is 20.4. The lowest BCUT2D eigenvalue weighted by molar-refractivity contribution is 0.0891. The van der Waals surface area contributed by atoms with Crippen LogP contribution in [0.4, 0.5) is 19.4 Å². The molecule has 4 aromatic rings. The summed E-state index contributed by atoms with van der Waals surface area (Å²) in [5.41, 5.74) is 1.66. The minimum absolute atomic E-state index is 0.0180. The minimum Gasteiger partial charge on any atom is -0.439 e. The Balaban J connectivity index is 1.97. The van der Waals surface area contributed by atoms with Crippen molar-refractivity contribution in [1.29, 1.82) is 0 Å². The van der Waals surface area contributed by atoms with Crippen molar-refractivity contribution in [1.82, 2.24) is 20.1 Å². The molecule has 274 valence electrons. The van der Waals surface area contributed by atoms with Gasteiger partial charge in [-0.2, -0.15) is 5.10 Å². The van der Waals surface area contributed by atoms with Crippen LogP contribution in [-0.4, -0.2) is 46.9 Å². The van der Waals surface area contributed by atoms with Crippen molar-refractivity contribution in [2.45, 2.75) is 104 Å². The first kappa shape index (κ1) is 39.8. The van der Waals surface area contributed by atoms with Gasteiger partial charge in [-0.3, -0.25) is 4.68 Å². The van der Waals surface area contributed by atoms with Crippen molar-refractivity contribution in [3.63, 3.8) is 0 Å². The Kier molecular flexibility index (Phi) is 11.7. The summed E-state index contributed by atoms with van der Waals surface area (Å²) in [6, 6.07) is 10.5. The molecule has 0 aliphatic heterocycles. The lowest BCUT2D eigenvalue weighted by Crippen LogP contribution is -2.47. The van der Waals surface area contributed by atoms with Crippen molar-refractivity contribution >= 4 is 42.7 Å². The molecule has 1 atom stereocenters. The second kappa shape index (κ2) is 14.9. The molecule has 1 amide bonds. The van der Waals surface area contributed by atoms with Crippen molar-refractivity contribution in [3.8, 4) is 23.0 Å². The molecule has 0 unspecified atom stereocenters. The van der Waals surface area contributed by atoms with Crippen LogP contribution in [0.15, 0.2) is 42.5 Å². The average Bonchev–Trinajstić information content (AvgIpc) is 3.30. The highest BCUT2D eigenvalue weighted by Gasteiger charge is 2.41. The van der Waals surface area contributed by atoms with Crippen molar-refractivity contribution < 1.29 is 22.7 Å². The van der Waals surface area contributed by atoms with Gasteiger partial charge in [-0.1, -0.05) is 44.4 Å². The SMILES string of the molecule is CCNc1nn(C)c2c(-c3ccc(C#CC(C)(C)O[Si](C)(C)C(C)(C)C)nc3[C@H](Cc3cc(F)cc(F)c3)OC(=O)NC(C)(C)C)ccc(Cl)c12. The van der Waals surface area contributed by atoms with Gasteiger partial charge in [0, 0.05) is 42.7 Å². The molecule has 8 nitrogen and oxygen atoms in total. The maximum atomic E-state index is 14.5. The lowest BCUT2D eigenvalue weighted by Gasteiger charge is -2.40. The van der Waals surface area contributed by atoms with E-state index < -0.39 is 43.3 Å². The fourth-order valence-corrected chi connectivity index (χ4v) is 7.41. The third kappa shape index (κ3) is 9.88. The number of aromatic nitrogens is 3. The van der Waals surface area contributed by atoms with E-state index in [0.717, 1.165) is 11.6 Å². The van der Waals surface area contributed by atoms with Crippen LogP contribution in [0.3, 0.4) is 0 Å². The van der Waals surface area contributed by atoms with E-state index in [1.807, 2.05) is 60.7 Å². The number of halogens is 3. The van der Waals surface area contributed by atoms with Gasteiger partial charge in [0.2, 0.25) is 0 Å². The maximum absolute atomic E-state index is 14.5. The Morgan fingerprint density at radius 2 is 1.63 bits per heavy atom. The van der Waals surface area contributed by atoms with Crippen molar-refractivity contribution in [2.24, 2.45) is 7.05 Å². The molecule has 51 heavy (non-hydrogen) atoms. The molecule has 0 saturated heterocycles. The number of carbonyl (C=O) groups excluding carboxylic acids is 1. The van der Waals surface area contributed by atoms with Crippen LogP contribution < -0.4 is 10.6 Å². The van der Waals surface area contributed by atoms with Gasteiger partial charge < -0.3 is 19.8 Å². The standard InChI is InChI=1S/C39H50ClF2N5O3Si/c1-13-43-35-32-30(40)17-16-29(34(32)47(10)46-35)28-15-14-27(18-19-39(8,9)50-51(11,12)38(5,6)7)44-33(28)31(49-36(48)45-37(2,3)4)22-24-20-25(41)23-26(42)21-24/h14-17,20-21,23,31H,13,22H2,1-12H3,(H,43,46)(H,45,48)/t31-/m0/s1. The smallest absolute Gasteiger partial charge is 0.408 e. The average molecular weight is 738 g/mol. The summed E-state index contributed by atoms with van der Waals surface area (Å²) < 4.78 is 43.4. The number of anilines is 1. The number of aryl methyl sites for hydroxylation is 1. The summed E-state index contributed by atoms with van der Waals surface area (Å²) in [7, 11) is -0.344. The third-order valence-electron chi connectivity index (χ3n) is 8.68. The summed E-state index contributed by atoms with van der Waals surface area (Å²) in [5, 5.41) is 12.0. The first-order chi connectivity index (χ1) is 23.5. The summed E-state index contributed by atoms with van der Waals surface area (Å²) in [4.78, 5) is 18.4. The number of nitrogens with zero attached hydrogens (tertiary/aromatic N) is 3. The van der Waals surface area contributed by atoms with E-state index in [0.29, 0.717) is 45.3 Å². The Labute approximate surface area is 306 Å². The largest absolute Gasteiger partial charge is 0.439 e. The number of fused-ring (bicyclic) bond motifs is 1. The second-order valence-corrected chi connectivity index (χ2v) is 21.0. The van der Waals surface area contributed by atoms with Crippen molar-refractivity contribution in [2.75, 3.05) is 11.9 Å². The molecule has 0 radical (unpaired) electrons. The number of carbonyl (C=O) groups is 1. The fourth-order valence-electron chi connectivity index (χ4n) is 5.54. The number of alkyl carbamates (subject to hydrolysis) is 1. The highest BCUT2D eigenvalue weighted by atomic mass is 35.5. The second-order valence-electron chi connectivity index (χ2n) is 15.8. The summed E-state index contributed by atoms with van der Waals surface area (Å²) >= 11 is 6.74. The van der Waals surface area contributed by atoms with Gasteiger partial charge in [-0.05, 0) is 101 Å². The Morgan fingerprint density at radius 1 is 1.00 bits per heavy atom. The van der Waals surface area contributed by atoms with E-state index in [1.165, 1.54) is 12.1 Å². The molecule has 2 aromatic carbocycles.